The molecule has 0 saturated heterocycles. The van der Waals surface area contributed by atoms with Crippen molar-refractivity contribution in [2.75, 3.05) is 6.61 Å². The highest BCUT2D eigenvalue weighted by Gasteiger charge is 2.19. The summed E-state index contributed by atoms with van der Waals surface area (Å²) in [7, 11) is 0. The molecule has 1 atom stereocenters. The van der Waals surface area contributed by atoms with E-state index in [0.29, 0.717) is 19.3 Å². The van der Waals surface area contributed by atoms with Gasteiger partial charge in [-0.05, 0) is 17.9 Å². The van der Waals surface area contributed by atoms with E-state index in [2.05, 4.69) is 0 Å². The Morgan fingerprint density at radius 2 is 1.94 bits per heavy atom. The van der Waals surface area contributed by atoms with Crippen LogP contribution in [0.4, 0.5) is 0 Å². The van der Waals surface area contributed by atoms with Crippen molar-refractivity contribution in [3.63, 3.8) is 0 Å². The van der Waals surface area contributed by atoms with Crippen molar-refractivity contribution >= 4 is 12.3 Å². The summed E-state index contributed by atoms with van der Waals surface area (Å²) in [5, 5.41) is 0. The molecule has 0 heterocycles. The lowest BCUT2D eigenvalue weighted by molar-refractivity contribution is -0.150. The van der Waals surface area contributed by atoms with Gasteiger partial charge in [0.15, 0.2) is 0 Å². The van der Waals surface area contributed by atoms with Gasteiger partial charge < -0.3 is 9.53 Å². The van der Waals surface area contributed by atoms with Crippen LogP contribution in [0.25, 0.3) is 0 Å². The normalized spacial score (nSPS) is 12.2. The molecule has 0 aliphatic rings. The van der Waals surface area contributed by atoms with Gasteiger partial charge in [-0.25, -0.2) is 0 Å². The van der Waals surface area contributed by atoms with Crippen LogP contribution in [-0.2, 0) is 20.7 Å². The molecule has 0 radical (unpaired) electrons. The molecule has 0 saturated carbocycles. The van der Waals surface area contributed by atoms with E-state index in [0.717, 1.165) is 5.56 Å². The van der Waals surface area contributed by atoms with Crippen molar-refractivity contribution in [3.05, 3.63) is 35.9 Å². The van der Waals surface area contributed by atoms with E-state index in [1.165, 1.54) is 0 Å². The van der Waals surface area contributed by atoms with Crippen LogP contribution in [0.3, 0.4) is 0 Å². The van der Waals surface area contributed by atoms with Gasteiger partial charge in [0, 0.05) is 0 Å². The largest absolute Gasteiger partial charge is 0.465 e. The molecule has 0 fully saturated rings. The van der Waals surface area contributed by atoms with Crippen LogP contribution in [0.15, 0.2) is 30.3 Å². The summed E-state index contributed by atoms with van der Waals surface area (Å²) in [6, 6.07) is 9.46. The Kier molecular flexibility index (Phi) is 5.40. The average molecular weight is 234 g/mol. The summed E-state index contributed by atoms with van der Waals surface area (Å²) in [6.45, 7) is 4.28. The van der Waals surface area contributed by atoms with Crippen LogP contribution in [0.1, 0.15) is 19.4 Å². The first-order valence-electron chi connectivity index (χ1n) is 5.79. The molecular weight excluding hydrogens is 216 g/mol. The van der Waals surface area contributed by atoms with Crippen LogP contribution in [0.5, 0.6) is 0 Å². The summed E-state index contributed by atoms with van der Waals surface area (Å²) in [4.78, 5) is 22.5. The van der Waals surface area contributed by atoms with E-state index >= 15 is 0 Å². The molecule has 0 amide bonds. The number of benzene rings is 1. The minimum Gasteiger partial charge on any atom is -0.465 e. The van der Waals surface area contributed by atoms with E-state index in [4.69, 9.17) is 4.74 Å². The van der Waals surface area contributed by atoms with Gasteiger partial charge >= 0.3 is 5.97 Å². The molecule has 17 heavy (non-hydrogen) atoms. The number of hydrogen-bond donors (Lipinski definition) is 0. The van der Waals surface area contributed by atoms with Gasteiger partial charge in [-0.15, -0.1) is 0 Å². The Morgan fingerprint density at radius 1 is 1.29 bits per heavy atom. The lowest BCUT2D eigenvalue weighted by atomic mass is 10.0. The number of ether oxygens (including phenoxy) is 1. The average Bonchev–Trinajstić information content (AvgIpc) is 2.34. The summed E-state index contributed by atoms with van der Waals surface area (Å²) in [5.74, 6) is -0.850. The number of hydrogen-bond acceptors (Lipinski definition) is 3. The van der Waals surface area contributed by atoms with Crippen molar-refractivity contribution in [1.82, 2.24) is 0 Å². The van der Waals surface area contributed by atoms with Gasteiger partial charge in [0.1, 0.15) is 12.2 Å². The van der Waals surface area contributed by atoms with E-state index < -0.39 is 11.9 Å². The SMILES string of the molecule is CC(C)COC(=O)C(C=O)Cc1ccccc1. The highest BCUT2D eigenvalue weighted by atomic mass is 16.5. The zero-order chi connectivity index (χ0) is 12.7. The zero-order valence-corrected chi connectivity index (χ0v) is 10.3. The molecule has 0 aromatic heterocycles. The van der Waals surface area contributed by atoms with Crippen molar-refractivity contribution in [1.29, 1.82) is 0 Å². The van der Waals surface area contributed by atoms with E-state index in [9.17, 15) is 9.59 Å². The predicted octanol–water partition coefficient (Wildman–Crippen LogP) is 2.24. The first kappa shape index (κ1) is 13.4. The molecule has 3 nitrogen and oxygen atoms in total. The van der Waals surface area contributed by atoms with Crippen LogP contribution in [0, 0.1) is 11.8 Å². The van der Waals surface area contributed by atoms with Crippen LogP contribution in [0.2, 0.25) is 0 Å². The lowest BCUT2D eigenvalue weighted by Gasteiger charge is -2.12. The smallest absolute Gasteiger partial charge is 0.316 e. The van der Waals surface area contributed by atoms with Crippen molar-refractivity contribution in [3.8, 4) is 0 Å². The third-order valence-electron chi connectivity index (χ3n) is 2.32. The maximum absolute atomic E-state index is 11.6. The van der Waals surface area contributed by atoms with Gasteiger partial charge in [-0.2, -0.15) is 0 Å². The van der Waals surface area contributed by atoms with E-state index in [1.807, 2.05) is 44.2 Å². The van der Waals surface area contributed by atoms with Crippen LogP contribution in [-0.4, -0.2) is 18.9 Å². The second-order valence-electron chi connectivity index (χ2n) is 4.46. The number of carbonyl (C=O) groups is 2. The minimum atomic E-state index is -0.698. The van der Waals surface area contributed by atoms with Gasteiger partial charge in [0.05, 0.1) is 6.61 Å². The summed E-state index contributed by atoms with van der Waals surface area (Å²) in [5.41, 5.74) is 0.964. The Bertz CT molecular complexity index is 357. The lowest BCUT2D eigenvalue weighted by Crippen LogP contribution is -2.23. The van der Waals surface area contributed by atoms with Crippen molar-refractivity contribution in [2.45, 2.75) is 20.3 Å². The Labute approximate surface area is 102 Å². The maximum atomic E-state index is 11.6. The van der Waals surface area contributed by atoms with Gasteiger partial charge in [0.2, 0.25) is 0 Å². The molecule has 1 rings (SSSR count). The van der Waals surface area contributed by atoms with E-state index in [-0.39, 0.29) is 5.92 Å². The monoisotopic (exact) mass is 234 g/mol. The van der Waals surface area contributed by atoms with Crippen LogP contribution < -0.4 is 0 Å². The Hall–Kier alpha value is -1.64. The molecule has 0 aliphatic carbocycles. The second kappa shape index (κ2) is 6.84. The topological polar surface area (TPSA) is 43.4 Å². The second-order valence-corrected chi connectivity index (χ2v) is 4.46. The summed E-state index contributed by atoms with van der Waals surface area (Å²) in [6.07, 6.45) is 1.07. The van der Waals surface area contributed by atoms with Crippen LogP contribution >= 0.6 is 0 Å². The number of carbonyl (C=O) groups excluding carboxylic acids is 2. The standard InChI is InChI=1S/C14H18O3/c1-11(2)10-17-14(16)13(9-15)8-12-6-4-3-5-7-12/h3-7,9,11,13H,8,10H2,1-2H3. The highest BCUT2D eigenvalue weighted by Crippen LogP contribution is 2.09. The third kappa shape index (κ3) is 4.81. The molecule has 0 bridgehead atoms. The van der Waals surface area contributed by atoms with E-state index in [1.54, 1.807) is 0 Å². The first-order valence-corrected chi connectivity index (χ1v) is 5.79. The fourth-order valence-corrected chi connectivity index (χ4v) is 1.41. The minimum absolute atomic E-state index is 0.281. The third-order valence-corrected chi connectivity index (χ3v) is 2.32. The van der Waals surface area contributed by atoms with Crippen molar-refractivity contribution < 1.29 is 14.3 Å². The molecule has 92 valence electrons. The Morgan fingerprint density at radius 3 is 2.47 bits per heavy atom. The van der Waals surface area contributed by atoms with Gasteiger partial charge in [-0.1, -0.05) is 44.2 Å². The van der Waals surface area contributed by atoms with Gasteiger partial charge in [0.25, 0.3) is 0 Å². The number of esters is 1. The molecule has 1 aromatic carbocycles. The van der Waals surface area contributed by atoms with Gasteiger partial charge in [-0.3, -0.25) is 4.79 Å². The molecule has 0 spiro atoms. The molecule has 3 heteroatoms. The molecule has 1 aromatic rings. The Balaban J connectivity index is 2.54. The molecule has 1 unspecified atom stereocenters. The molecular formula is C14H18O3. The maximum Gasteiger partial charge on any atom is 0.316 e. The van der Waals surface area contributed by atoms with Crippen molar-refractivity contribution in [2.24, 2.45) is 11.8 Å². The number of aldehydes is 1. The zero-order valence-electron chi connectivity index (χ0n) is 10.3. The summed E-state index contributed by atoms with van der Waals surface area (Å²) >= 11 is 0. The fourth-order valence-electron chi connectivity index (χ4n) is 1.41. The molecule has 0 N–H and O–H groups in total. The predicted molar refractivity (Wildman–Crippen MR) is 65.5 cm³/mol. The first-order chi connectivity index (χ1) is 8.13. The fraction of sp³-hybridized carbons (Fsp3) is 0.429. The number of rotatable bonds is 6. The molecule has 0 aliphatic heterocycles. The summed E-state index contributed by atoms with van der Waals surface area (Å²) < 4.78 is 5.06. The quantitative estimate of drug-likeness (QED) is 0.431. The highest BCUT2D eigenvalue weighted by molar-refractivity contribution is 5.88.